The predicted molar refractivity (Wildman–Crippen MR) is 99.0 cm³/mol. The maximum absolute atomic E-state index is 13.0. The van der Waals surface area contributed by atoms with Crippen molar-refractivity contribution >= 4 is 23.7 Å². The molecule has 0 aromatic carbocycles. The Morgan fingerprint density at radius 3 is 2.74 bits per heavy atom. The average molecular weight is 373 g/mol. The van der Waals surface area contributed by atoms with Gasteiger partial charge in [0.1, 0.15) is 17.9 Å². The molecule has 2 heterocycles. The first-order chi connectivity index (χ1) is 13.0. The molecule has 1 spiro atoms. The molecule has 1 saturated heterocycles. The molecule has 8 heteroatoms. The van der Waals surface area contributed by atoms with Crippen LogP contribution in [-0.4, -0.2) is 44.6 Å². The highest BCUT2D eigenvalue weighted by Crippen LogP contribution is 2.38. The monoisotopic (exact) mass is 373 g/mol. The molecule has 1 aromatic heterocycles. The van der Waals surface area contributed by atoms with Gasteiger partial charge in [0.25, 0.3) is 5.91 Å². The van der Waals surface area contributed by atoms with Crippen molar-refractivity contribution in [1.29, 1.82) is 0 Å². The fourth-order valence-corrected chi connectivity index (χ4v) is 4.82. The SMILES string of the molecule is CC1CCCCC12NC(=O)N(CC(=O)Nc1ccnn1C1CCCC1)C2=O. The van der Waals surface area contributed by atoms with Crippen LogP contribution in [0.5, 0.6) is 0 Å². The molecule has 0 bridgehead atoms. The van der Waals surface area contributed by atoms with Gasteiger partial charge >= 0.3 is 6.03 Å². The Morgan fingerprint density at radius 1 is 1.26 bits per heavy atom. The molecule has 1 aliphatic heterocycles. The second kappa shape index (κ2) is 6.98. The molecule has 0 radical (unpaired) electrons. The number of nitrogens with one attached hydrogen (secondary N) is 2. The number of nitrogens with zero attached hydrogens (tertiary/aromatic N) is 3. The number of urea groups is 1. The number of carbonyl (C=O) groups is 3. The lowest BCUT2D eigenvalue weighted by Crippen LogP contribution is -2.54. The third-order valence-electron chi connectivity index (χ3n) is 6.41. The quantitative estimate of drug-likeness (QED) is 0.792. The summed E-state index contributed by atoms with van der Waals surface area (Å²) in [6, 6.07) is 1.60. The number of rotatable bonds is 4. The first-order valence-electron chi connectivity index (χ1n) is 9.99. The van der Waals surface area contributed by atoms with Crippen LogP contribution in [0.4, 0.5) is 10.6 Å². The largest absolute Gasteiger partial charge is 0.325 e. The molecule has 2 N–H and O–H groups in total. The summed E-state index contributed by atoms with van der Waals surface area (Å²) < 4.78 is 1.85. The van der Waals surface area contributed by atoms with Crippen LogP contribution in [0, 0.1) is 5.92 Å². The van der Waals surface area contributed by atoms with E-state index in [1.165, 1.54) is 12.8 Å². The molecule has 4 rings (SSSR count). The van der Waals surface area contributed by atoms with Gasteiger partial charge in [-0.15, -0.1) is 0 Å². The molecular weight excluding hydrogens is 346 g/mol. The minimum absolute atomic E-state index is 0.0829. The minimum Gasteiger partial charge on any atom is -0.323 e. The number of imide groups is 1. The normalized spacial score (nSPS) is 28.8. The Balaban J connectivity index is 1.43. The fraction of sp³-hybridized carbons (Fsp3) is 0.684. The maximum atomic E-state index is 13.0. The molecular formula is C19H27N5O3. The zero-order valence-corrected chi connectivity index (χ0v) is 15.7. The van der Waals surface area contributed by atoms with Crippen LogP contribution in [0.3, 0.4) is 0 Å². The summed E-state index contributed by atoms with van der Waals surface area (Å²) in [5, 5.41) is 10.0. The van der Waals surface area contributed by atoms with Crippen LogP contribution in [0.2, 0.25) is 0 Å². The highest BCUT2D eigenvalue weighted by atomic mass is 16.2. The molecule has 4 amide bonds. The van der Waals surface area contributed by atoms with Gasteiger partial charge in [-0.3, -0.25) is 14.5 Å². The van der Waals surface area contributed by atoms with Gasteiger partial charge in [-0.05, 0) is 31.6 Å². The van der Waals surface area contributed by atoms with Crippen LogP contribution in [0.15, 0.2) is 12.3 Å². The Morgan fingerprint density at radius 2 is 2.00 bits per heavy atom. The number of aromatic nitrogens is 2. The van der Waals surface area contributed by atoms with E-state index >= 15 is 0 Å². The van der Waals surface area contributed by atoms with Crippen molar-refractivity contribution in [2.75, 3.05) is 11.9 Å². The topological polar surface area (TPSA) is 96.3 Å². The lowest BCUT2D eigenvalue weighted by molar-refractivity contribution is -0.136. The average Bonchev–Trinajstić information content (AvgIpc) is 3.35. The van der Waals surface area contributed by atoms with Crippen molar-refractivity contribution in [2.45, 2.75) is 69.9 Å². The van der Waals surface area contributed by atoms with Gasteiger partial charge in [0.05, 0.1) is 12.2 Å². The van der Waals surface area contributed by atoms with E-state index in [2.05, 4.69) is 15.7 Å². The van der Waals surface area contributed by atoms with Gasteiger partial charge in [-0.25, -0.2) is 9.48 Å². The van der Waals surface area contributed by atoms with Crippen LogP contribution >= 0.6 is 0 Å². The minimum atomic E-state index is -0.832. The standard InChI is InChI=1S/C19H27N5O3/c1-13-6-4-5-10-19(13)17(26)23(18(27)22-19)12-16(25)21-15-9-11-20-24(15)14-7-2-3-8-14/h9,11,13-14H,2-8,10,12H2,1H3,(H,21,25)(H,22,27). The van der Waals surface area contributed by atoms with Gasteiger partial charge < -0.3 is 10.6 Å². The zero-order valence-electron chi connectivity index (χ0n) is 15.7. The Hall–Kier alpha value is -2.38. The number of hydrogen-bond acceptors (Lipinski definition) is 4. The molecule has 2 unspecified atom stereocenters. The number of hydrogen-bond donors (Lipinski definition) is 2. The Bertz CT molecular complexity index is 754. The summed E-state index contributed by atoms with van der Waals surface area (Å²) in [4.78, 5) is 39.0. The fourth-order valence-electron chi connectivity index (χ4n) is 4.82. The van der Waals surface area contributed by atoms with Crippen molar-refractivity contribution in [1.82, 2.24) is 20.0 Å². The van der Waals surface area contributed by atoms with Gasteiger partial charge in [0.2, 0.25) is 5.91 Å². The number of carbonyl (C=O) groups excluding carboxylic acids is 3. The summed E-state index contributed by atoms with van der Waals surface area (Å²) in [7, 11) is 0. The van der Waals surface area contributed by atoms with Crippen molar-refractivity contribution in [3.63, 3.8) is 0 Å². The molecule has 3 aliphatic rings. The van der Waals surface area contributed by atoms with E-state index < -0.39 is 11.6 Å². The molecule has 2 saturated carbocycles. The van der Waals surface area contributed by atoms with Gasteiger partial charge in [0, 0.05) is 6.07 Å². The number of amides is 4. The van der Waals surface area contributed by atoms with Gasteiger partial charge in [-0.2, -0.15) is 5.10 Å². The Kier molecular flexibility index (Phi) is 4.65. The molecule has 1 aromatic rings. The molecule has 146 valence electrons. The second-order valence-electron chi connectivity index (χ2n) is 8.09. The van der Waals surface area contributed by atoms with Crippen molar-refractivity contribution in [3.8, 4) is 0 Å². The van der Waals surface area contributed by atoms with E-state index in [1.807, 2.05) is 11.6 Å². The highest BCUT2D eigenvalue weighted by molar-refractivity contribution is 6.10. The van der Waals surface area contributed by atoms with E-state index in [0.717, 1.165) is 37.0 Å². The maximum Gasteiger partial charge on any atom is 0.325 e. The first kappa shape index (κ1) is 18.0. The molecule has 2 aliphatic carbocycles. The summed E-state index contributed by atoms with van der Waals surface area (Å²) in [5.74, 6) is 0.0668. The van der Waals surface area contributed by atoms with E-state index in [0.29, 0.717) is 18.3 Å². The summed E-state index contributed by atoms with van der Waals surface area (Å²) >= 11 is 0. The lowest BCUT2D eigenvalue weighted by atomic mass is 9.73. The van der Waals surface area contributed by atoms with E-state index in [-0.39, 0.29) is 24.3 Å². The third-order valence-corrected chi connectivity index (χ3v) is 6.41. The smallest absolute Gasteiger partial charge is 0.323 e. The first-order valence-corrected chi connectivity index (χ1v) is 9.99. The van der Waals surface area contributed by atoms with Crippen LogP contribution in [0.25, 0.3) is 0 Å². The van der Waals surface area contributed by atoms with Crippen molar-refractivity contribution in [2.24, 2.45) is 5.92 Å². The summed E-state index contributed by atoms with van der Waals surface area (Å²) in [6.07, 6.45) is 9.64. The van der Waals surface area contributed by atoms with E-state index in [1.54, 1.807) is 12.3 Å². The van der Waals surface area contributed by atoms with Gasteiger partial charge in [-0.1, -0.05) is 32.6 Å². The number of anilines is 1. The molecule has 8 nitrogen and oxygen atoms in total. The van der Waals surface area contributed by atoms with Crippen molar-refractivity contribution < 1.29 is 14.4 Å². The third kappa shape index (κ3) is 3.11. The van der Waals surface area contributed by atoms with Crippen LogP contribution < -0.4 is 10.6 Å². The molecule has 27 heavy (non-hydrogen) atoms. The van der Waals surface area contributed by atoms with E-state index in [4.69, 9.17) is 0 Å². The summed E-state index contributed by atoms with van der Waals surface area (Å²) in [6.45, 7) is 1.73. The summed E-state index contributed by atoms with van der Waals surface area (Å²) in [5.41, 5.74) is -0.832. The molecule has 3 fully saturated rings. The van der Waals surface area contributed by atoms with Crippen LogP contribution in [0.1, 0.15) is 64.3 Å². The van der Waals surface area contributed by atoms with Crippen molar-refractivity contribution in [3.05, 3.63) is 12.3 Å². The van der Waals surface area contributed by atoms with E-state index in [9.17, 15) is 14.4 Å². The molecule has 2 atom stereocenters. The zero-order chi connectivity index (χ0) is 19.0. The Labute approximate surface area is 158 Å². The van der Waals surface area contributed by atoms with Gasteiger partial charge in [0.15, 0.2) is 0 Å². The second-order valence-corrected chi connectivity index (χ2v) is 8.09. The highest BCUT2D eigenvalue weighted by Gasteiger charge is 2.55. The lowest BCUT2D eigenvalue weighted by Gasteiger charge is -2.36. The predicted octanol–water partition coefficient (Wildman–Crippen LogP) is 2.44. The van der Waals surface area contributed by atoms with Crippen LogP contribution in [-0.2, 0) is 9.59 Å².